The second kappa shape index (κ2) is 4.74. The van der Waals surface area contributed by atoms with E-state index in [9.17, 15) is 9.90 Å². The predicted molar refractivity (Wildman–Crippen MR) is 62.9 cm³/mol. The fraction of sp³-hybridized carbons (Fsp3) is 0.923. The van der Waals surface area contributed by atoms with Gasteiger partial charge in [-0.1, -0.05) is 12.8 Å². The van der Waals surface area contributed by atoms with Crippen LogP contribution in [0.2, 0.25) is 0 Å². The molecule has 3 nitrogen and oxygen atoms in total. The van der Waals surface area contributed by atoms with E-state index in [0.717, 1.165) is 31.7 Å². The zero-order valence-corrected chi connectivity index (χ0v) is 10.2. The molecule has 3 unspecified atom stereocenters. The largest absolute Gasteiger partial charge is 0.393 e. The highest BCUT2D eigenvalue weighted by Crippen LogP contribution is 2.50. The zero-order chi connectivity index (χ0) is 11.6. The second-order valence-corrected chi connectivity index (χ2v) is 5.79. The van der Waals surface area contributed by atoms with Crippen LogP contribution in [0.1, 0.15) is 51.9 Å². The van der Waals surface area contributed by atoms with Gasteiger partial charge in [0.25, 0.3) is 0 Å². The molecule has 1 amide bonds. The van der Waals surface area contributed by atoms with Crippen LogP contribution in [0.4, 0.5) is 0 Å². The maximum atomic E-state index is 10.9. The van der Waals surface area contributed by atoms with E-state index in [1.165, 1.54) is 25.7 Å². The molecule has 0 aromatic carbocycles. The quantitative estimate of drug-likeness (QED) is 0.770. The van der Waals surface area contributed by atoms with Crippen molar-refractivity contribution in [2.24, 2.45) is 11.3 Å². The van der Waals surface area contributed by atoms with Gasteiger partial charge in [0.15, 0.2) is 0 Å². The second-order valence-electron chi connectivity index (χ2n) is 5.79. The molecule has 3 heteroatoms. The first-order chi connectivity index (χ1) is 7.60. The molecule has 0 saturated heterocycles. The number of carbonyl (C=O) groups excluding carboxylic acids is 1. The summed E-state index contributed by atoms with van der Waals surface area (Å²) in [6.45, 7) is 2.34. The number of rotatable bonds is 3. The number of carbonyl (C=O) groups is 1. The molecule has 2 bridgehead atoms. The fourth-order valence-electron chi connectivity index (χ4n) is 3.77. The molecule has 2 rings (SSSR count). The van der Waals surface area contributed by atoms with Gasteiger partial charge in [-0.15, -0.1) is 0 Å². The molecular formula is C13H23NO2. The lowest BCUT2D eigenvalue weighted by atomic mass is 9.60. The highest BCUT2D eigenvalue weighted by Gasteiger charge is 2.42. The summed E-state index contributed by atoms with van der Waals surface area (Å²) >= 11 is 0. The number of aliphatic hydroxyl groups is 1. The summed E-state index contributed by atoms with van der Waals surface area (Å²) in [5.74, 6) is 0.787. The van der Waals surface area contributed by atoms with Crippen LogP contribution in [-0.4, -0.2) is 23.7 Å². The Morgan fingerprint density at radius 3 is 3.06 bits per heavy atom. The molecule has 0 heterocycles. The van der Waals surface area contributed by atoms with Gasteiger partial charge in [-0.05, 0) is 43.4 Å². The van der Waals surface area contributed by atoms with Gasteiger partial charge in [0.05, 0.1) is 6.10 Å². The van der Waals surface area contributed by atoms with Gasteiger partial charge in [0.1, 0.15) is 0 Å². The fourth-order valence-corrected chi connectivity index (χ4v) is 3.77. The molecule has 0 aromatic rings. The molecule has 3 atom stereocenters. The van der Waals surface area contributed by atoms with E-state index >= 15 is 0 Å². The Morgan fingerprint density at radius 2 is 2.31 bits per heavy atom. The molecule has 2 saturated carbocycles. The summed E-state index contributed by atoms with van der Waals surface area (Å²) < 4.78 is 0. The van der Waals surface area contributed by atoms with Crippen molar-refractivity contribution < 1.29 is 9.90 Å². The molecule has 0 aromatic heterocycles. The monoisotopic (exact) mass is 225 g/mol. The summed E-state index contributed by atoms with van der Waals surface area (Å²) in [5, 5.41) is 12.8. The minimum atomic E-state index is -0.101. The lowest BCUT2D eigenvalue weighted by molar-refractivity contribution is -0.119. The lowest BCUT2D eigenvalue weighted by Crippen LogP contribution is -2.41. The van der Waals surface area contributed by atoms with E-state index in [4.69, 9.17) is 0 Å². The predicted octanol–water partition coefficient (Wildman–Crippen LogP) is 1.84. The standard InChI is InChI=1S/C13H23NO2/c1-10(15)14-6-5-13-4-2-3-11(8-13)7-12(16)9-13/h11-12,16H,2-9H2,1H3,(H,14,15). The van der Waals surface area contributed by atoms with Crippen molar-refractivity contribution in [2.75, 3.05) is 6.54 Å². The van der Waals surface area contributed by atoms with Gasteiger partial charge < -0.3 is 10.4 Å². The van der Waals surface area contributed by atoms with Gasteiger partial charge in [0, 0.05) is 13.5 Å². The number of aliphatic hydroxyl groups excluding tert-OH is 1. The molecule has 92 valence electrons. The third kappa shape index (κ3) is 2.76. The Hall–Kier alpha value is -0.570. The molecular weight excluding hydrogens is 202 g/mol. The molecule has 2 fully saturated rings. The Bertz CT molecular complexity index is 263. The van der Waals surface area contributed by atoms with Gasteiger partial charge in [0.2, 0.25) is 5.91 Å². The maximum absolute atomic E-state index is 10.9. The number of amides is 1. The summed E-state index contributed by atoms with van der Waals surface area (Å²) in [5.41, 5.74) is 0.322. The maximum Gasteiger partial charge on any atom is 0.216 e. The van der Waals surface area contributed by atoms with Crippen LogP contribution in [-0.2, 0) is 4.79 Å². The summed E-state index contributed by atoms with van der Waals surface area (Å²) in [7, 11) is 0. The Balaban J connectivity index is 1.90. The highest BCUT2D eigenvalue weighted by molar-refractivity contribution is 5.72. The lowest BCUT2D eigenvalue weighted by Gasteiger charge is -2.47. The van der Waals surface area contributed by atoms with Gasteiger partial charge in [-0.3, -0.25) is 4.79 Å². The normalized spacial score (nSPS) is 38.1. The van der Waals surface area contributed by atoms with Crippen molar-refractivity contribution in [3.63, 3.8) is 0 Å². The molecule has 0 spiro atoms. The Kier molecular flexibility index (Phi) is 3.53. The van der Waals surface area contributed by atoms with Crippen molar-refractivity contribution >= 4 is 5.91 Å². The highest BCUT2D eigenvalue weighted by atomic mass is 16.3. The summed E-state index contributed by atoms with van der Waals surface area (Å²) in [4.78, 5) is 10.9. The minimum Gasteiger partial charge on any atom is -0.393 e. The minimum absolute atomic E-state index is 0.0557. The van der Waals surface area contributed by atoms with Gasteiger partial charge >= 0.3 is 0 Å². The van der Waals surface area contributed by atoms with Crippen molar-refractivity contribution in [3.05, 3.63) is 0 Å². The average molecular weight is 225 g/mol. The molecule has 0 radical (unpaired) electrons. The van der Waals surface area contributed by atoms with E-state index in [0.29, 0.717) is 5.41 Å². The van der Waals surface area contributed by atoms with Crippen LogP contribution >= 0.6 is 0 Å². The van der Waals surface area contributed by atoms with E-state index in [1.807, 2.05) is 0 Å². The molecule has 2 N–H and O–H groups in total. The molecule has 2 aliphatic rings. The summed E-state index contributed by atoms with van der Waals surface area (Å²) in [6, 6.07) is 0. The van der Waals surface area contributed by atoms with E-state index in [2.05, 4.69) is 5.32 Å². The van der Waals surface area contributed by atoms with Gasteiger partial charge in [-0.2, -0.15) is 0 Å². The smallest absolute Gasteiger partial charge is 0.216 e. The first-order valence-electron chi connectivity index (χ1n) is 6.52. The van der Waals surface area contributed by atoms with Crippen LogP contribution < -0.4 is 5.32 Å². The van der Waals surface area contributed by atoms with Crippen LogP contribution in [0.15, 0.2) is 0 Å². The van der Waals surface area contributed by atoms with E-state index in [-0.39, 0.29) is 12.0 Å². The number of fused-ring (bicyclic) bond motifs is 2. The Labute approximate surface area is 97.6 Å². The van der Waals surface area contributed by atoms with Crippen molar-refractivity contribution in [3.8, 4) is 0 Å². The number of hydrogen-bond acceptors (Lipinski definition) is 2. The Morgan fingerprint density at radius 1 is 1.50 bits per heavy atom. The zero-order valence-electron chi connectivity index (χ0n) is 10.2. The van der Waals surface area contributed by atoms with Gasteiger partial charge in [-0.25, -0.2) is 0 Å². The topological polar surface area (TPSA) is 49.3 Å². The first kappa shape index (κ1) is 11.9. The number of hydrogen-bond donors (Lipinski definition) is 2. The van der Waals surface area contributed by atoms with Crippen molar-refractivity contribution in [1.29, 1.82) is 0 Å². The van der Waals surface area contributed by atoms with E-state index < -0.39 is 0 Å². The molecule has 0 aliphatic heterocycles. The van der Waals surface area contributed by atoms with Crippen LogP contribution in [0, 0.1) is 11.3 Å². The third-order valence-electron chi connectivity index (χ3n) is 4.34. The molecule has 2 aliphatic carbocycles. The van der Waals surface area contributed by atoms with E-state index in [1.54, 1.807) is 6.92 Å². The molecule has 16 heavy (non-hydrogen) atoms. The van der Waals surface area contributed by atoms with Crippen LogP contribution in [0.3, 0.4) is 0 Å². The SMILES string of the molecule is CC(=O)NCCC12CCCC(CC(O)C1)C2. The first-order valence-corrected chi connectivity index (χ1v) is 6.52. The summed E-state index contributed by atoms with van der Waals surface area (Å²) in [6.07, 6.45) is 7.99. The van der Waals surface area contributed by atoms with Crippen molar-refractivity contribution in [1.82, 2.24) is 5.32 Å². The average Bonchev–Trinajstić information content (AvgIpc) is 2.15. The van der Waals surface area contributed by atoms with Crippen LogP contribution in [0.5, 0.6) is 0 Å². The third-order valence-corrected chi connectivity index (χ3v) is 4.34. The van der Waals surface area contributed by atoms with Crippen LogP contribution in [0.25, 0.3) is 0 Å². The van der Waals surface area contributed by atoms with Crippen molar-refractivity contribution in [2.45, 2.75) is 58.0 Å². The number of nitrogens with one attached hydrogen (secondary N) is 1.